The molecule has 6 nitrogen and oxygen atoms in total. The van der Waals surface area contributed by atoms with E-state index in [1.807, 2.05) is 55.5 Å². The predicted octanol–water partition coefficient (Wildman–Crippen LogP) is 3.70. The van der Waals surface area contributed by atoms with E-state index < -0.39 is 0 Å². The molecule has 2 aromatic heterocycles. The molecule has 1 N–H and O–H groups in total. The Kier molecular flexibility index (Phi) is 4.99. The van der Waals surface area contributed by atoms with Gasteiger partial charge in [0.1, 0.15) is 6.54 Å². The van der Waals surface area contributed by atoms with Crippen molar-refractivity contribution in [3.63, 3.8) is 0 Å². The van der Waals surface area contributed by atoms with E-state index in [4.69, 9.17) is 0 Å². The van der Waals surface area contributed by atoms with Crippen LogP contribution in [-0.4, -0.2) is 20.3 Å². The molecule has 4 rings (SSSR count). The molecule has 0 aliphatic rings. The molecule has 4 aromatic rings. The van der Waals surface area contributed by atoms with Crippen molar-refractivity contribution < 1.29 is 4.79 Å². The minimum absolute atomic E-state index is 0.0278. The molecule has 0 saturated carbocycles. The zero-order valence-corrected chi connectivity index (χ0v) is 16.4. The van der Waals surface area contributed by atoms with Crippen molar-refractivity contribution >= 4 is 22.6 Å². The summed E-state index contributed by atoms with van der Waals surface area (Å²) in [5, 5.41) is 3.37. The molecule has 2 heterocycles. The fraction of sp³-hybridized carbons (Fsp3) is 0.174. The lowest BCUT2D eigenvalue weighted by atomic mass is 10.1. The molecular weight excluding hydrogens is 364 g/mol. The summed E-state index contributed by atoms with van der Waals surface area (Å²) in [6, 6.07) is 18.8. The van der Waals surface area contributed by atoms with Gasteiger partial charge in [0.15, 0.2) is 5.65 Å². The molecule has 2 aromatic carbocycles. The second-order valence-electron chi connectivity index (χ2n) is 6.99. The van der Waals surface area contributed by atoms with Gasteiger partial charge in [-0.05, 0) is 55.3 Å². The van der Waals surface area contributed by atoms with E-state index in [9.17, 15) is 9.59 Å². The minimum atomic E-state index is -0.225. The van der Waals surface area contributed by atoms with Crippen molar-refractivity contribution in [3.8, 4) is 5.69 Å². The molecule has 0 atom stereocenters. The topological polar surface area (TPSA) is 68.9 Å². The summed E-state index contributed by atoms with van der Waals surface area (Å²) in [4.78, 5) is 30.2. The van der Waals surface area contributed by atoms with Crippen molar-refractivity contribution in [2.45, 2.75) is 26.8 Å². The van der Waals surface area contributed by atoms with Gasteiger partial charge in [-0.15, -0.1) is 0 Å². The van der Waals surface area contributed by atoms with Crippen LogP contribution >= 0.6 is 0 Å². The first-order valence-electron chi connectivity index (χ1n) is 9.59. The lowest BCUT2D eigenvalue weighted by Crippen LogP contribution is -2.27. The van der Waals surface area contributed by atoms with Crippen molar-refractivity contribution in [1.29, 1.82) is 0 Å². The third-order valence-corrected chi connectivity index (χ3v) is 4.89. The van der Waals surface area contributed by atoms with Crippen LogP contribution in [0.25, 0.3) is 16.7 Å². The molecule has 0 spiro atoms. The number of fused-ring (bicyclic) bond motifs is 1. The molecule has 29 heavy (non-hydrogen) atoms. The normalized spacial score (nSPS) is 11.0. The maximum absolute atomic E-state index is 13.1. The van der Waals surface area contributed by atoms with Gasteiger partial charge >= 0.3 is 0 Å². The van der Waals surface area contributed by atoms with Crippen LogP contribution in [0.5, 0.6) is 0 Å². The molecule has 0 aliphatic heterocycles. The van der Waals surface area contributed by atoms with E-state index >= 15 is 0 Å². The van der Waals surface area contributed by atoms with E-state index in [-0.39, 0.29) is 18.0 Å². The molecule has 0 bridgehead atoms. The summed E-state index contributed by atoms with van der Waals surface area (Å²) >= 11 is 0. The van der Waals surface area contributed by atoms with Crippen molar-refractivity contribution in [1.82, 2.24) is 14.3 Å². The average Bonchev–Trinajstić information content (AvgIpc) is 3.01. The van der Waals surface area contributed by atoms with Crippen LogP contribution in [-0.2, 0) is 17.8 Å². The monoisotopic (exact) mass is 386 g/mol. The molecule has 0 fully saturated rings. The average molecular weight is 386 g/mol. The minimum Gasteiger partial charge on any atom is -0.324 e. The van der Waals surface area contributed by atoms with Crippen LogP contribution in [0.4, 0.5) is 5.69 Å². The molecule has 0 aliphatic carbocycles. The Bertz CT molecular complexity index is 1240. The second kappa shape index (κ2) is 7.75. The van der Waals surface area contributed by atoms with Crippen LogP contribution in [0.3, 0.4) is 0 Å². The Morgan fingerprint density at radius 2 is 1.86 bits per heavy atom. The van der Waals surface area contributed by atoms with E-state index in [1.165, 1.54) is 4.68 Å². The summed E-state index contributed by atoms with van der Waals surface area (Å²) in [7, 11) is 0. The van der Waals surface area contributed by atoms with Crippen molar-refractivity contribution in [2.24, 2.45) is 0 Å². The number of benzene rings is 2. The maximum atomic E-state index is 13.1. The highest BCUT2D eigenvalue weighted by atomic mass is 16.2. The Morgan fingerprint density at radius 3 is 2.62 bits per heavy atom. The van der Waals surface area contributed by atoms with E-state index in [2.05, 4.69) is 17.2 Å². The molecule has 0 radical (unpaired) electrons. The Hall–Kier alpha value is -3.67. The molecule has 0 unspecified atom stereocenters. The third kappa shape index (κ3) is 3.69. The number of amides is 1. The number of aromatic nitrogens is 3. The van der Waals surface area contributed by atoms with Gasteiger partial charge in [0.2, 0.25) is 5.91 Å². The van der Waals surface area contributed by atoms with Gasteiger partial charge in [0.05, 0.1) is 11.1 Å². The standard InChI is InChI=1S/C23H22N4O2/c1-3-17-6-4-7-19(14-17)27-23(29)20-8-5-13-24-22(20)26(27)15-21(28)25-18-11-9-16(2)10-12-18/h4-14H,3,15H2,1-2H3,(H,25,28). The number of hydrogen-bond acceptors (Lipinski definition) is 3. The number of rotatable bonds is 5. The lowest BCUT2D eigenvalue weighted by Gasteiger charge is -2.13. The van der Waals surface area contributed by atoms with E-state index in [0.717, 1.165) is 23.2 Å². The number of carbonyl (C=O) groups excluding carboxylic acids is 1. The first-order valence-corrected chi connectivity index (χ1v) is 9.59. The summed E-state index contributed by atoms with van der Waals surface area (Å²) in [6.07, 6.45) is 2.48. The zero-order valence-electron chi connectivity index (χ0n) is 16.4. The number of nitrogens with one attached hydrogen (secondary N) is 1. The third-order valence-electron chi connectivity index (χ3n) is 4.89. The number of pyridine rings is 1. The summed E-state index contributed by atoms with van der Waals surface area (Å²) in [5.74, 6) is -0.225. The van der Waals surface area contributed by atoms with Gasteiger partial charge in [0, 0.05) is 11.9 Å². The highest BCUT2D eigenvalue weighted by Gasteiger charge is 2.18. The largest absolute Gasteiger partial charge is 0.324 e. The number of hydrogen-bond donors (Lipinski definition) is 1. The fourth-order valence-corrected chi connectivity index (χ4v) is 3.37. The van der Waals surface area contributed by atoms with Gasteiger partial charge in [-0.1, -0.05) is 36.8 Å². The van der Waals surface area contributed by atoms with E-state index in [0.29, 0.717) is 16.7 Å². The highest BCUT2D eigenvalue weighted by molar-refractivity contribution is 5.91. The molecule has 6 heteroatoms. The zero-order chi connectivity index (χ0) is 20.4. The number of carbonyl (C=O) groups is 1. The molecule has 0 saturated heterocycles. The van der Waals surface area contributed by atoms with Crippen LogP contribution in [0, 0.1) is 6.92 Å². The van der Waals surface area contributed by atoms with Crippen LogP contribution in [0.15, 0.2) is 71.7 Å². The Morgan fingerprint density at radius 1 is 1.07 bits per heavy atom. The SMILES string of the molecule is CCc1cccc(-n2c(=O)c3cccnc3n2CC(=O)Nc2ccc(C)cc2)c1. The second-order valence-corrected chi connectivity index (χ2v) is 6.99. The Balaban J connectivity index is 1.77. The molecular formula is C23H22N4O2. The van der Waals surface area contributed by atoms with Gasteiger partial charge in [-0.3, -0.25) is 14.3 Å². The van der Waals surface area contributed by atoms with Crippen LogP contribution < -0.4 is 10.9 Å². The summed E-state index contributed by atoms with van der Waals surface area (Å²) in [5.41, 5.74) is 3.96. The van der Waals surface area contributed by atoms with Gasteiger partial charge in [-0.25, -0.2) is 9.67 Å². The van der Waals surface area contributed by atoms with E-state index in [1.54, 1.807) is 23.0 Å². The predicted molar refractivity (Wildman–Crippen MR) is 115 cm³/mol. The van der Waals surface area contributed by atoms with Crippen molar-refractivity contribution in [2.75, 3.05) is 5.32 Å². The number of anilines is 1. The fourth-order valence-electron chi connectivity index (χ4n) is 3.37. The van der Waals surface area contributed by atoms with Crippen LogP contribution in [0.1, 0.15) is 18.1 Å². The highest BCUT2D eigenvalue weighted by Crippen LogP contribution is 2.16. The van der Waals surface area contributed by atoms with Gasteiger partial charge < -0.3 is 5.32 Å². The first kappa shape index (κ1) is 18.7. The smallest absolute Gasteiger partial charge is 0.280 e. The number of aryl methyl sites for hydroxylation is 2. The lowest BCUT2D eigenvalue weighted by molar-refractivity contribution is -0.116. The maximum Gasteiger partial charge on any atom is 0.280 e. The van der Waals surface area contributed by atoms with Crippen molar-refractivity contribution in [3.05, 3.63) is 88.3 Å². The van der Waals surface area contributed by atoms with Crippen LogP contribution in [0.2, 0.25) is 0 Å². The summed E-state index contributed by atoms with van der Waals surface area (Å²) < 4.78 is 3.17. The van der Waals surface area contributed by atoms with Gasteiger partial charge in [-0.2, -0.15) is 0 Å². The quantitative estimate of drug-likeness (QED) is 0.569. The number of nitrogens with zero attached hydrogens (tertiary/aromatic N) is 3. The summed E-state index contributed by atoms with van der Waals surface area (Å²) in [6.45, 7) is 4.03. The molecule has 1 amide bonds. The van der Waals surface area contributed by atoms with Gasteiger partial charge in [0.25, 0.3) is 5.56 Å². The first-order chi connectivity index (χ1) is 14.1. The Labute approximate surface area is 168 Å². The molecule has 146 valence electrons.